The number of methoxy groups -OCH3 is 1. The van der Waals surface area contributed by atoms with Crippen LogP contribution in [-0.2, 0) is 11.2 Å². The van der Waals surface area contributed by atoms with Crippen molar-refractivity contribution in [2.75, 3.05) is 7.11 Å². The molecule has 1 aromatic rings. The molecule has 0 fully saturated rings. The van der Waals surface area contributed by atoms with Crippen molar-refractivity contribution in [3.63, 3.8) is 0 Å². The average Bonchev–Trinajstić information content (AvgIpc) is 2.50. The molecule has 3 heteroatoms. The number of allylic oxidation sites excluding steroid dienone is 3. The van der Waals surface area contributed by atoms with Crippen molar-refractivity contribution in [2.24, 2.45) is 0 Å². The first-order valence-corrected chi connectivity index (χ1v) is 5.25. The van der Waals surface area contributed by atoms with Gasteiger partial charge in [-0.2, -0.15) is 0 Å². The average molecular weight is 213 g/mol. The van der Waals surface area contributed by atoms with Crippen molar-refractivity contribution in [1.82, 2.24) is 0 Å². The number of thiophene rings is 1. The molecule has 1 heterocycles. The Balaban J connectivity index is 2.58. The van der Waals surface area contributed by atoms with Crippen LogP contribution in [0.3, 0.4) is 0 Å². The van der Waals surface area contributed by atoms with Crippen molar-refractivity contribution >= 4 is 28.7 Å². The summed E-state index contributed by atoms with van der Waals surface area (Å²) >= 11 is 7.78. The summed E-state index contributed by atoms with van der Waals surface area (Å²) in [5.41, 5.74) is 1.13. The Morgan fingerprint density at radius 3 is 3.15 bits per heavy atom. The van der Waals surface area contributed by atoms with E-state index >= 15 is 0 Å². The lowest BCUT2D eigenvalue weighted by Gasteiger charge is -2.05. The highest BCUT2D eigenvalue weighted by molar-refractivity contribution is 7.10. The van der Waals surface area contributed by atoms with Gasteiger partial charge in [0.25, 0.3) is 0 Å². The zero-order valence-corrected chi connectivity index (χ0v) is 8.78. The van der Waals surface area contributed by atoms with Crippen molar-refractivity contribution in [3.8, 4) is 0 Å². The second-order valence-corrected chi connectivity index (χ2v) is 4.15. The molecular weight excluding hydrogens is 204 g/mol. The van der Waals surface area contributed by atoms with Crippen LogP contribution < -0.4 is 0 Å². The second kappa shape index (κ2) is 3.56. The van der Waals surface area contributed by atoms with Gasteiger partial charge in [-0.05, 0) is 17.5 Å². The molecule has 0 spiro atoms. The summed E-state index contributed by atoms with van der Waals surface area (Å²) in [4.78, 5) is 1.31. The minimum atomic E-state index is 0.680. The van der Waals surface area contributed by atoms with Gasteiger partial charge in [0.05, 0.1) is 12.1 Å². The maximum Gasteiger partial charge on any atom is 0.145 e. The largest absolute Gasteiger partial charge is 0.495 e. The van der Waals surface area contributed by atoms with E-state index in [4.69, 9.17) is 16.3 Å². The Morgan fingerprint density at radius 2 is 2.38 bits per heavy atom. The van der Waals surface area contributed by atoms with E-state index in [-0.39, 0.29) is 0 Å². The molecule has 1 aliphatic carbocycles. The van der Waals surface area contributed by atoms with E-state index in [1.807, 2.05) is 12.1 Å². The summed E-state index contributed by atoms with van der Waals surface area (Å²) in [6.45, 7) is 0. The molecule has 0 bridgehead atoms. The smallest absolute Gasteiger partial charge is 0.145 e. The molecule has 0 N–H and O–H groups in total. The first-order valence-electron chi connectivity index (χ1n) is 4.00. The zero-order valence-electron chi connectivity index (χ0n) is 7.21. The Bertz CT molecular complexity index is 376. The highest BCUT2D eigenvalue weighted by Crippen LogP contribution is 2.32. The molecule has 1 nitrogen and oxygen atoms in total. The monoisotopic (exact) mass is 212 g/mol. The number of ether oxygens (including phenoxy) is 1. The third kappa shape index (κ3) is 1.52. The fourth-order valence-corrected chi connectivity index (χ4v) is 2.50. The van der Waals surface area contributed by atoms with Gasteiger partial charge in [-0.3, -0.25) is 0 Å². The summed E-state index contributed by atoms with van der Waals surface area (Å²) < 4.78 is 5.27. The van der Waals surface area contributed by atoms with E-state index in [2.05, 4.69) is 11.5 Å². The molecule has 0 unspecified atom stereocenters. The first-order chi connectivity index (χ1) is 6.33. The Hall–Kier alpha value is -0.730. The van der Waals surface area contributed by atoms with Crippen LogP contribution >= 0.6 is 22.9 Å². The van der Waals surface area contributed by atoms with Crippen molar-refractivity contribution in [1.29, 1.82) is 0 Å². The molecule has 0 amide bonds. The van der Waals surface area contributed by atoms with Crippen LogP contribution in [0.2, 0.25) is 0 Å². The van der Waals surface area contributed by atoms with Gasteiger partial charge in [0.1, 0.15) is 5.76 Å². The Kier molecular flexibility index (Phi) is 2.42. The summed E-state index contributed by atoms with van der Waals surface area (Å²) in [5, 5.41) is 2.74. The standard InChI is InChI=1S/C10H9ClOS/c1-12-10-7-5-6-13-9(7)4-2-3-8(10)11/h2-3,5-6H,4H2,1H3. The molecular formula is C10H9ClOS. The summed E-state index contributed by atoms with van der Waals surface area (Å²) in [7, 11) is 1.65. The molecule has 0 aliphatic heterocycles. The normalized spacial score (nSPS) is 15.5. The minimum Gasteiger partial charge on any atom is -0.495 e. The van der Waals surface area contributed by atoms with Crippen molar-refractivity contribution < 1.29 is 4.74 Å². The summed E-state index contributed by atoms with van der Waals surface area (Å²) in [5.74, 6) is 0.784. The molecule has 0 radical (unpaired) electrons. The molecule has 68 valence electrons. The highest BCUT2D eigenvalue weighted by Gasteiger charge is 2.14. The fourth-order valence-electron chi connectivity index (χ4n) is 1.38. The molecule has 1 aromatic heterocycles. The second-order valence-electron chi connectivity index (χ2n) is 2.75. The third-order valence-electron chi connectivity index (χ3n) is 1.98. The molecule has 13 heavy (non-hydrogen) atoms. The van der Waals surface area contributed by atoms with E-state index in [9.17, 15) is 0 Å². The quantitative estimate of drug-likeness (QED) is 0.693. The zero-order chi connectivity index (χ0) is 9.26. The summed E-state index contributed by atoms with van der Waals surface area (Å²) in [6.07, 6.45) is 4.90. The maximum atomic E-state index is 6.04. The maximum absolute atomic E-state index is 6.04. The van der Waals surface area contributed by atoms with Gasteiger partial charge in [-0.1, -0.05) is 17.7 Å². The van der Waals surface area contributed by atoms with Gasteiger partial charge >= 0.3 is 0 Å². The van der Waals surface area contributed by atoms with Gasteiger partial charge in [-0.15, -0.1) is 11.3 Å². The van der Waals surface area contributed by atoms with Crippen LogP contribution in [-0.4, -0.2) is 7.11 Å². The number of hydrogen-bond acceptors (Lipinski definition) is 2. The molecule has 0 saturated heterocycles. The van der Waals surface area contributed by atoms with Gasteiger partial charge in [-0.25, -0.2) is 0 Å². The lowest BCUT2D eigenvalue weighted by molar-refractivity contribution is 0.369. The Morgan fingerprint density at radius 1 is 1.54 bits per heavy atom. The van der Waals surface area contributed by atoms with Crippen LogP contribution in [0, 0.1) is 0 Å². The van der Waals surface area contributed by atoms with Gasteiger partial charge < -0.3 is 4.74 Å². The molecule has 0 saturated carbocycles. The van der Waals surface area contributed by atoms with Gasteiger partial charge in [0.15, 0.2) is 0 Å². The van der Waals surface area contributed by atoms with E-state index < -0.39 is 0 Å². The first kappa shape index (κ1) is 8.85. The minimum absolute atomic E-state index is 0.680. The topological polar surface area (TPSA) is 9.23 Å². The third-order valence-corrected chi connectivity index (χ3v) is 3.22. The van der Waals surface area contributed by atoms with Gasteiger partial charge in [0, 0.05) is 16.9 Å². The van der Waals surface area contributed by atoms with E-state index in [0.29, 0.717) is 5.03 Å². The van der Waals surface area contributed by atoms with E-state index in [1.165, 1.54) is 4.88 Å². The summed E-state index contributed by atoms with van der Waals surface area (Å²) in [6, 6.07) is 2.05. The van der Waals surface area contributed by atoms with Crippen molar-refractivity contribution in [3.05, 3.63) is 39.1 Å². The van der Waals surface area contributed by atoms with Crippen LogP contribution in [0.5, 0.6) is 0 Å². The van der Waals surface area contributed by atoms with Gasteiger partial charge in [0.2, 0.25) is 0 Å². The predicted molar refractivity (Wildman–Crippen MR) is 56.9 cm³/mol. The van der Waals surface area contributed by atoms with Crippen molar-refractivity contribution in [2.45, 2.75) is 6.42 Å². The predicted octanol–water partition coefficient (Wildman–Crippen LogP) is 3.41. The number of hydrogen-bond donors (Lipinski definition) is 0. The van der Waals surface area contributed by atoms with Crippen LogP contribution in [0.4, 0.5) is 0 Å². The van der Waals surface area contributed by atoms with Crippen LogP contribution in [0.1, 0.15) is 10.4 Å². The number of fused-ring (bicyclic) bond motifs is 1. The SMILES string of the molecule is COC1=C(Cl)C=CCc2sccc21. The lowest BCUT2D eigenvalue weighted by Crippen LogP contribution is -1.88. The van der Waals surface area contributed by atoms with E-state index in [0.717, 1.165) is 17.7 Å². The number of rotatable bonds is 1. The fraction of sp³-hybridized carbons (Fsp3) is 0.200. The molecule has 1 aliphatic rings. The van der Waals surface area contributed by atoms with Crippen LogP contribution in [0.15, 0.2) is 28.6 Å². The molecule has 0 atom stereocenters. The van der Waals surface area contributed by atoms with E-state index in [1.54, 1.807) is 18.4 Å². The molecule has 2 rings (SSSR count). The Labute approximate surface area is 86.3 Å². The van der Waals surface area contributed by atoms with Crippen LogP contribution in [0.25, 0.3) is 5.76 Å². The highest BCUT2D eigenvalue weighted by atomic mass is 35.5. The molecule has 0 aromatic carbocycles. The lowest BCUT2D eigenvalue weighted by atomic mass is 10.2. The number of halogens is 1.